The van der Waals surface area contributed by atoms with Gasteiger partial charge in [0.1, 0.15) is 11.6 Å². The minimum Gasteiger partial charge on any atom is -0.348 e. The molecule has 2 aromatic rings. The molecule has 3 N–H and O–H groups in total. The predicted molar refractivity (Wildman–Crippen MR) is 63.6 cm³/mol. The van der Waals surface area contributed by atoms with E-state index in [1.165, 1.54) is 6.07 Å². The fraction of sp³-hybridized carbons (Fsp3) is 0.182. The highest BCUT2D eigenvalue weighted by Crippen LogP contribution is 2.26. The van der Waals surface area contributed by atoms with Crippen LogP contribution in [-0.4, -0.2) is 16.5 Å². The van der Waals surface area contributed by atoms with Crippen molar-refractivity contribution in [2.24, 2.45) is 5.73 Å². The standard InChI is InChI=1S/C11H11BrFN3/c12-7-1-2-10(13)8(5-7)9(6-14)11-15-3-4-16-11/h1-5,9H,6,14H2,(H,15,16). The molecule has 1 unspecified atom stereocenters. The maximum atomic E-state index is 13.7. The van der Waals surface area contributed by atoms with Gasteiger partial charge in [-0.25, -0.2) is 9.37 Å². The van der Waals surface area contributed by atoms with Crippen molar-refractivity contribution in [2.45, 2.75) is 5.92 Å². The van der Waals surface area contributed by atoms with Crippen LogP contribution in [0.5, 0.6) is 0 Å². The summed E-state index contributed by atoms with van der Waals surface area (Å²) < 4.78 is 14.5. The predicted octanol–water partition coefficient (Wildman–Crippen LogP) is 2.40. The summed E-state index contributed by atoms with van der Waals surface area (Å²) in [5, 5.41) is 0. The second-order valence-electron chi connectivity index (χ2n) is 3.43. The number of halogens is 2. The first-order chi connectivity index (χ1) is 7.72. The van der Waals surface area contributed by atoms with Gasteiger partial charge in [-0.3, -0.25) is 0 Å². The summed E-state index contributed by atoms with van der Waals surface area (Å²) >= 11 is 3.32. The number of hydrogen-bond donors (Lipinski definition) is 2. The van der Waals surface area contributed by atoms with E-state index in [0.717, 1.165) is 4.47 Å². The molecule has 0 radical (unpaired) electrons. The van der Waals surface area contributed by atoms with E-state index in [1.54, 1.807) is 24.5 Å². The topological polar surface area (TPSA) is 54.7 Å². The van der Waals surface area contributed by atoms with Crippen molar-refractivity contribution in [3.63, 3.8) is 0 Å². The minimum absolute atomic E-state index is 0.243. The monoisotopic (exact) mass is 283 g/mol. The first-order valence-corrected chi connectivity index (χ1v) is 5.66. The highest BCUT2D eigenvalue weighted by atomic mass is 79.9. The summed E-state index contributed by atoms with van der Waals surface area (Å²) in [4.78, 5) is 7.08. The van der Waals surface area contributed by atoms with Crippen LogP contribution < -0.4 is 5.73 Å². The van der Waals surface area contributed by atoms with Crippen LogP contribution in [0.15, 0.2) is 35.1 Å². The molecule has 0 fully saturated rings. The number of benzene rings is 1. The first kappa shape index (κ1) is 11.3. The van der Waals surface area contributed by atoms with E-state index in [-0.39, 0.29) is 11.7 Å². The zero-order valence-corrected chi connectivity index (χ0v) is 10.0. The molecule has 2 rings (SSSR count). The fourth-order valence-corrected chi connectivity index (χ4v) is 2.01. The van der Waals surface area contributed by atoms with Crippen molar-refractivity contribution in [1.29, 1.82) is 0 Å². The van der Waals surface area contributed by atoms with Crippen molar-refractivity contribution >= 4 is 15.9 Å². The van der Waals surface area contributed by atoms with E-state index in [4.69, 9.17) is 5.73 Å². The normalized spacial score (nSPS) is 12.7. The molecule has 0 aliphatic carbocycles. The van der Waals surface area contributed by atoms with Crippen molar-refractivity contribution in [1.82, 2.24) is 9.97 Å². The maximum absolute atomic E-state index is 13.7. The van der Waals surface area contributed by atoms with Crippen LogP contribution in [-0.2, 0) is 0 Å². The lowest BCUT2D eigenvalue weighted by molar-refractivity contribution is 0.591. The quantitative estimate of drug-likeness (QED) is 0.909. The Labute approximate surface area is 101 Å². The number of nitrogens with one attached hydrogen (secondary N) is 1. The molecule has 0 aliphatic rings. The summed E-state index contributed by atoms with van der Waals surface area (Å²) in [6, 6.07) is 4.81. The van der Waals surface area contributed by atoms with Crippen LogP contribution in [0, 0.1) is 5.82 Å². The third-order valence-electron chi connectivity index (χ3n) is 2.42. The smallest absolute Gasteiger partial charge is 0.127 e. The van der Waals surface area contributed by atoms with Crippen LogP contribution in [0.25, 0.3) is 0 Å². The Morgan fingerprint density at radius 2 is 2.31 bits per heavy atom. The molecule has 0 saturated carbocycles. The van der Waals surface area contributed by atoms with Crippen molar-refractivity contribution in [3.05, 3.63) is 52.3 Å². The van der Waals surface area contributed by atoms with E-state index in [0.29, 0.717) is 17.9 Å². The molecule has 1 heterocycles. The number of rotatable bonds is 3. The van der Waals surface area contributed by atoms with Gasteiger partial charge in [0.2, 0.25) is 0 Å². The molecular weight excluding hydrogens is 273 g/mol. The largest absolute Gasteiger partial charge is 0.348 e. The lowest BCUT2D eigenvalue weighted by Gasteiger charge is -2.13. The van der Waals surface area contributed by atoms with Gasteiger partial charge in [0.15, 0.2) is 0 Å². The van der Waals surface area contributed by atoms with E-state index in [1.807, 2.05) is 0 Å². The number of H-pyrrole nitrogens is 1. The Hall–Kier alpha value is -1.20. The molecule has 5 heteroatoms. The van der Waals surface area contributed by atoms with Gasteiger partial charge in [0.05, 0.1) is 5.92 Å². The molecule has 0 bridgehead atoms. The molecule has 0 amide bonds. The lowest BCUT2D eigenvalue weighted by Crippen LogP contribution is -2.16. The van der Waals surface area contributed by atoms with Gasteiger partial charge in [-0.15, -0.1) is 0 Å². The number of aromatic nitrogens is 2. The lowest BCUT2D eigenvalue weighted by atomic mass is 9.98. The number of hydrogen-bond acceptors (Lipinski definition) is 2. The van der Waals surface area contributed by atoms with Gasteiger partial charge in [-0.05, 0) is 18.2 Å². The number of aromatic amines is 1. The highest BCUT2D eigenvalue weighted by Gasteiger charge is 2.18. The number of nitrogens with zero attached hydrogens (tertiary/aromatic N) is 1. The SMILES string of the molecule is NCC(c1ncc[nH]1)c1cc(Br)ccc1F. The second-order valence-corrected chi connectivity index (χ2v) is 4.34. The summed E-state index contributed by atoms with van der Waals surface area (Å²) in [6.07, 6.45) is 3.34. The third kappa shape index (κ3) is 2.15. The average molecular weight is 284 g/mol. The van der Waals surface area contributed by atoms with E-state index in [9.17, 15) is 4.39 Å². The van der Waals surface area contributed by atoms with Crippen LogP contribution >= 0.6 is 15.9 Å². The van der Waals surface area contributed by atoms with Gasteiger partial charge < -0.3 is 10.7 Å². The molecule has 16 heavy (non-hydrogen) atoms. The van der Waals surface area contributed by atoms with Crippen LogP contribution in [0.3, 0.4) is 0 Å². The summed E-state index contributed by atoms with van der Waals surface area (Å²) in [5.74, 6) is 0.169. The number of nitrogens with two attached hydrogens (primary N) is 1. The molecule has 0 saturated heterocycles. The Balaban J connectivity index is 2.44. The summed E-state index contributed by atoms with van der Waals surface area (Å²) in [5.41, 5.74) is 6.22. The average Bonchev–Trinajstić information content (AvgIpc) is 2.78. The van der Waals surface area contributed by atoms with Gasteiger partial charge in [0.25, 0.3) is 0 Å². The van der Waals surface area contributed by atoms with Gasteiger partial charge >= 0.3 is 0 Å². The van der Waals surface area contributed by atoms with Crippen LogP contribution in [0.2, 0.25) is 0 Å². The third-order valence-corrected chi connectivity index (χ3v) is 2.91. The minimum atomic E-state index is -0.268. The van der Waals surface area contributed by atoms with Crippen molar-refractivity contribution in [3.8, 4) is 0 Å². The molecule has 1 atom stereocenters. The second kappa shape index (κ2) is 4.76. The van der Waals surface area contributed by atoms with E-state index in [2.05, 4.69) is 25.9 Å². The van der Waals surface area contributed by atoms with E-state index < -0.39 is 0 Å². The van der Waals surface area contributed by atoms with Gasteiger partial charge in [0, 0.05) is 29.0 Å². The fourth-order valence-electron chi connectivity index (χ4n) is 1.64. The highest BCUT2D eigenvalue weighted by molar-refractivity contribution is 9.10. The molecule has 1 aromatic carbocycles. The first-order valence-electron chi connectivity index (χ1n) is 4.86. The molecular formula is C11H11BrFN3. The van der Waals surface area contributed by atoms with Crippen molar-refractivity contribution < 1.29 is 4.39 Å². The maximum Gasteiger partial charge on any atom is 0.127 e. The van der Waals surface area contributed by atoms with Crippen LogP contribution in [0.1, 0.15) is 17.3 Å². The van der Waals surface area contributed by atoms with E-state index >= 15 is 0 Å². The molecule has 0 aliphatic heterocycles. The molecule has 1 aromatic heterocycles. The zero-order valence-electron chi connectivity index (χ0n) is 8.45. The Morgan fingerprint density at radius 3 is 2.94 bits per heavy atom. The summed E-state index contributed by atoms with van der Waals surface area (Å²) in [7, 11) is 0. The Morgan fingerprint density at radius 1 is 1.50 bits per heavy atom. The Bertz CT molecular complexity index is 470. The van der Waals surface area contributed by atoms with Crippen LogP contribution in [0.4, 0.5) is 4.39 Å². The van der Waals surface area contributed by atoms with Gasteiger partial charge in [-0.2, -0.15) is 0 Å². The molecule has 84 valence electrons. The Kier molecular flexibility index (Phi) is 3.36. The zero-order chi connectivity index (χ0) is 11.5. The molecule has 0 spiro atoms. The number of imidazole rings is 1. The van der Waals surface area contributed by atoms with Crippen molar-refractivity contribution in [2.75, 3.05) is 6.54 Å². The molecule has 3 nitrogen and oxygen atoms in total. The van der Waals surface area contributed by atoms with Gasteiger partial charge in [-0.1, -0.05) is 15.9 Å². The summed E-state index contributed by atoms with van der Waals surface area (Å²) in [6.45, 7) is 0.306.